The first-order valence-corrected chi connectivity index (χ1v) is 5.64. The highest BCUT2D eigenvalue weighted by molar-refractivity contribution is 6.31. The number of nitrogens with one attached hydrogen (secondary N) is 1. The van der Waals surface area contributed by atoms with Gasteiger partial charge >= 0.3 is 0 Å². The molecule has 0 amide bonds. The van der Waals surface area contributed by atoms with E-state index in [0.717, 1.165) is 16.7 Å². The van der Waals surface area contributed by atoms with Gasteiger partial charge in [0.15, 0.2) is 0 Å². The summed E-state index contributed by atoms with van der Waals surface area (Å²) in [5.74, 6) is 6.73. The van der Waals surface area contributed by atoms with Crippen molar-refractivity contribution in [1.82, 2.24) is 5.43 Å². The van der Waals surface area contributed by atoms with E-state index in [1.165, 1.54) is 0 Å². The second kappa shape index (κ2) is 4.45. The lowest BCUT2D eigenvalue weighted by atomic mass is 10.0. The molecule has 3 N–H and O–H groups in total. The number of rotatable bonds is 3. The summed E-state index contributed by atoms with van der Waals surface area (Å²) in [5.41, 5.74) is 3.60. The molecule has 1 aromatic carbocycles. The molecule has 0 aliphatic heterocycles. The number of hydrazine groups is 1. The molecular weight excluding hydrogens is 224 g/mol. The molecule has 4 heteroatoms. The quantitative estimate of drug-likeness (QED) is 0.638. The molecule has 1 heterocycles. The van der Waals surface area contributed by atoms with Gasteiger partial charge in [-0.15, -0.1) is 0 Å². The van der Waals surface area contributed by atoms with Crippen LogP contribution in [-0.4, -0.2) is 0 Å². The van der Waals surface area contributed by atoms with Crippen LogP contribution in [0.3, 0.4) is 0 Å². The van der Waals surface area contributed by atoms with Crippen molar-refractivity contribution < 1.29 is 4.42 Å². The Bertz CT molecular complexity index is 493. The van der Waals surface area contributed by atoms with Crippen molar-refractivity contribution in [3.63, 3.8) is 0 Å². The number of hydrogen-bond donors (Lipinski definition) is 2. The molecule has 0 bridgehead atoms. The minimum absolute atomic E-state index is 0.0196. The average molecular weight is 239 g/mol. The van der Waals surface area contributed by atoms with E-state index >= 15 is 0 Å². The van der Waals surface area contributed by atoms with Gasteiger partial charge in [-0.2, -0.15) is 0 Å². The molecule has 1 unspecified atom stereocenters. The van der Waals surface area contributed by atoms with Gasteiger partial charge in [-0.25, -0.2) is 5.43 Å². The van der Waals surface area contributed by atoms with Gasteiger partial charge in [0, 0.05) is 10.4 Å². The third kappa shape index (κ3) is 2.07. The summed E-state index contributed by atoms with van der Waals surface area (Å²) in [6.45, 7) is 4.18. The molecule has 0 radical (unpaired) electrons. The predicted molar refractivity (Wildman–Crippen MR) is 66.1 cm³/mol. The van der Waals surface area contributed by atoms with Gasteiger partial charge < -0.3 is 4.42 Å². The van der Waals surface area contributed by atoms with E-state index in [0.29, 0.717) is 10.9 Å². The highest BCUT2D eigenvalue weighted by Crippen LogP contribution is 2.29. The van der Waals surface area contributed by atoms with E-state index in [1.807, 2.05) is 24.3 Å². The summed E-state index contributed by atoms with van der Waals surface area (Å²) in [4.78, 5) is 0. The van der Waals surface area contributed by atoms with Crippen molar-refractivity contribution in [3.8, 4) is 0 Å². The molecule has 0 saturated carbocycles. The minimum Gasteiger partial charge on any atom is -0.459 e. The van der Waals surface area contributed by atoms with Gasteiger partial charge in [0.25, 0.3) is 0 Å². The van der Waals surface area contributed by atoms with E-state index < -0.39 is 0 Å². The number of furan rings is 1. The second-order valence-corrected chi connectivity index (χ2v) is 4.66. The van der Waals surface area contributed by atoms with Crippen LogP contribution < -0.4 is 11.3 Å². The number of fused-ring (bicyclic) bond motifs is 1. The number of halogens is 1. The maximum atomic E-state index is 5.92. The van der Waals surface area contributed by atoms with Crippen LogP contribution in [0.2, 0.25) is 5.02 Å². The molecule has 0 fully saturated rings. The van der Waals surface area contributed by atoms with Crippen LogP contribution in [0.1, 0.15) is 25.6 Å². The van der Waals surface area contributed by atoms with E-state index in [1.54, 1.807) is 0 Å². The SMILES string of the molecule is CC(C)C(NN)c1cc2cc(Cl)ccc2o1. The van der Waals surface area contributed by atoms with E-state index in [9.17, 15) is 0 Å². The summed E-state index contributed by atoms with van der Waals surface area (Å²) in [7, 11) is 0. The van der Waals surface area contributed by atoms with E-state index in [4.69, 9.17) is 21.9 Å². The van der Waals surface area contributed by atoms with Crippen LogP contribution in [0.4, 0.5) is 0 Å². The van der Waals surface area contributed by atoms with Crippen LogP contribution in [0, 0.1) is 5.92 Å². The van der Waals surface area contributed by atoms with Crippen molar-refractivity contribution in [1.29, 1.82) is 0 Å². The molecule has 1 aromatic heterocycles. The summed E-state index contributed by atoms with van der Waals surface area (Å²) >= 11 is 5.92. The smallest absolute Gasteiger partial charge is 0.134 e. The molecule has 0 spiro atoms. The van der Waals surface area contributed by atoms with Gasteiger partial charge in [0.05, 0.1) is 6.04 Å². The topological polar surface area (TPSA) is 51.2 Å². The highest BCUT2D eigenvalue weighted by Gasteiger charge is 2.18. The first-order chi connectivity index (χ1) is 7.61. The summed E-state index contributed by atoms with van der Waals surface area (Å²) in [6, 6.07) is 7.57. The molecule has 3 nitrogen and oxygen atoms in total. The number of hydrogen-bond acceptors (Lipinski definition) is 3. The van der Waals surface area contributed by atoms with Gasteiger partial charge in [-0.3, -0.25) is 5.84 Å². The van der Waals surface area contributed by atoms with Crippen molar-refractivity contribution >= 4 is 22.6 Å². The summed E-state index contributed by atoms with van der Waals surface area (Å²) < 4.78 is 5.74. The molecule has 1 atom stereocenters. The maximum Gasteiger partial charge on any atom is 0.134 e. The average Bonchev–Trinajstić information content (AvgIpc) is 2.60. The fourth-order valence-electron chi connectivity index (χ4n) is 1.79. The summed E-state index contributed by atoms with van der Waals surface area (Å²) in [5, 5.41) is 1.71. The van der Waals surface area contributed by atoms with Gasteiger partial charge in [-0.1, -0.05) is 25.4 Å². The van der Waals surface area contributed by atoms with Crippen LogP contribution in [0.5, 0.6) is 0 Å². The summed E-state index contributed by atoms with van der Waals surface area (Å²) in [6.07, 6.45) is 0. The second-order valence-electron chi connectivity index (χ2n) is 4.22. The van der Waals surface area contributed by atoms with Crippen LogP contribution >= 0.6 is 11.6 Å². The fourth-order valence-corrected chi connectivity index (χ4v) is 1.97. The van der Waals surface area contributed by atoms with Gasteiger partial charge in [0.1, 0.15) is 11.3 Å². The van der Waals surface area contributed by atoms with Crippen molar-refractivity contribution in [2.45, 2.75) is 19.9 Å². The Morgan fingerprint density at radius 1 is 1.31 bits per heavy atom. The molecular formula is C12H15ClN2O. The maximum absolute atomic E-state index is 5.92. The molecule has 0 aliphatic carbocycles. The molecule has 86 valence electrons. The van der Waals surface area contributed by atoms with Crippen LogP contribution in [0.25, 0.3) is 11.0 Å². The van der Waals surface area contributed by atoms with Crippen LogP contribution in [0.15, 0.2) is 28.7 Å². The predicted octanol–water partition coefficient (Wildman–Crippen LogP) is 3.25. The van der Waals surface area contributed by atoms with Crippen molar-refractivity contribution in [3.05, 3.63) is 35.0 Å². The monoisotopic (exact) mass is 238 g/mol. The third-order valence-corrected chi connectivity index (χ3v) is 2.89. The lowest BCUT2D eigenvalue weighted by Crippen LogP contribution is -2.31. The fraction of sp³-hybridized carbons (Fsp3) is 0.333. The third-order valence-electron chi connectivity index (χ3n) is 2.65. The standard InChI is InChI=1S/C12H15ClN2O/c1-7(2)12(15-14)11-6-8-5-9(13)3-4-10(8)16-11/h3-7,12,15H,14H2,1-2H3. The van der Waals surface area contributed by atoms with Crippen molar-refractivity contribution in [2.24, 2.45) is 11.8 Å². The largest absolute Gasteiger partial charge is 0.459 e. The Labute approximate surface area is 99.5 Å². The number of nitrogens with two attached hydrogens (primary N) is 1. The zero-order chi connectivity index (χ0) is 11.7. The van der Waals surface area contributed by atoms with E-state index in [2.05, 4.69) is 19.3 Å². The highest BCUT2D eigenvalue weighted by atomic mass is 35.5. The van der Waals surface area contributed by atoms with Gasteiger partial charge in [0.2, 0.25) is 0 Å². The molecule has 2 rings (SSSR count). The van der Waals surface area contributed by atoms with Crippen LogP contribution in [-0.2, 0) is 0 Å². The Kier molecular flexibility index (Phi) is 3.19. The Morgan fingerprint density at radius 3 is 2.69 bits per heavy atom. The van der Waals surface area contributed by atoms with Gasteiger partial charge in [-0.05, 0) is 30.2 Å². The minimum atomic E-state index is 0.0196. The first-order valence-electron chi connectivity index (χ1n) is 5.27. The molecule has 0 saturated heterocycles. The Hall–Kier alpha value is -1.03. The Balaban J connectivity index is 2.45. The lowest BCUT2D eigenvalue weighted by Gasteiger charge is -2.16. The molecule has 2 aromatic rings. The normalized spacial score (nSPS) is 13.6. The first kappa shape index (κ1) is 11.5. The zero-order valence-electron chi connectivity index (χ0n) is 9.33. The molecule has 0 aliphatic rings. The number of benzene rings is 1. The lowest BCUT2D eigenvalue weighted by molar-refractivity contribution is 0.356. The van der Waals surface area contributed by atoms with Crippen molar-refractivity contribution in [2.75, 3.05) is 0 Å². The van der Waals surface area contributed by atoms with E-state index in [-0.39, 0.29) is 6.04 Å². The zero-order valence-corrected chi connectivity index (χ0v) is 10.1. The molecule has 16 heavy (non-hydrogen) atoms. The Morgan fingerprint density at radius 2 is 2.06 bits per heavy atom.